The lowest BCUT2D eigenvalue weighted by molar-refractivity contribution is 0.0204. The van der Waals surface area contributed by atoms with Crippen LogP contribution >= 0.6 is 41.2 Å². The molecule has 0 saturated heterocycles. The molecule has 0 aliphatic carbocycles. The molecule has 0 aromatic rings. The highest BCUT2D eigenvalue weighted by Crippen LogP contribution is 2.43. The Morgan fingerprint density at radius 1 is 0.618 bits per heavy atom. The van der Waals surface area contributed by atoms with Crippen LogP contribution in [-0.2, 0) is 17.7 Å². The summed E-state index contributed by atoms with van der Waals surface area (Å²) in [5.41, 5.74) is 0. The first-order chi connectivity index (χ1) is 16.1. The normalized spacial score (nSPS) is 16.1. The average molecular weight is 595 g/mol. The fourth-order valence-corrected chi connectivity index (χ4v) is 13.0. The molecule has 0 saturated carbocycles. The third kappa shape index (κ3) is 19.6. The second kappa shape index (κ2) is 22.5. The summed E-state index contributed by atoms with van der Waals surface area (Å²) >= 11 is 0. The van der Waals surface area contributed by atoms with Gasteiger partial charge < -0.3 is 27.5 Å². The summed E-state index contributed by atoms with van der Waals surface area (Å²) in [6.07, 6.45) is 2.45. The van der Waals surface area contributed by atoms with E-state index in [1.807, 2.05) is 41.2 Å². The Bertz CT molecular complexity index is 438. The molecule has 8 nitrogen and oxygen atoms in total. The van der Waals surface area contributed by atoms with Gasteiger partial charge in [-0.2, -0.15) is 0 Å². The van der Waals surface area contributed by atoms with Crippen molar-refractivity contribution in [3.8, 4) is 0 Å². The van der Waals surface area contributed by atoms with E-state index in [0.717, 1.165) is 49.5 Å². The van der Waals surface area contributed by atoms with Crippen LogP contribution in [0.2, 0.25) is 12.1 Å². The second-order valence-corrected chi connectivity index (χ2v) is 19.6. The fraction of sp³-hybridized carbons (Fsp3) is 1.00. The summed E-state index contributed by atoms with van der Waals surface area (Å²) in [6.45, 7) is 1.76. The van der Waals surface area contributed by atoms with Crippen molar-refractivity contribution in [1.82, 2.24) is 19.6 Å². The van der Waals surface area contributed by atoms with Crippen molar-refractivity contribution in [3.05, 3.63) is 0 Å². The lowest BCUT2D eigenvalue weighted by Gasteiger charge is -2.30. The summed E-state index contributed by atoms with van der Waals surface area (Å²) in [5, 5.41) is 0. The molecule has 0 aromatic heterocycles. The summed E-state index contributed by atoms with van der Waals surface area (Å²) in [6, 6.07) is 2.09. The molecule has 4 unspecified atom stereocenters. The highest BCUT2D eigenvalue weighted by molar-refractivity contribution is 9.26. The van der Waals surface area contributed by atoms with Crippen molar-refractivity contribution >= 4 is 59.8 Å². The van der Waals surface area contributed by atoms with Crippen LogP contribution in [0.15, 0.2) is 0 Å². The highest BCUT2D eigenvalue weighted by atomic mass is 33.7. The molecule has 0 radical (unpaired) electrons. The third-order valence-electron chi connectivity index (χ3n) is 4.80. The first-order valence-electron chi connectivity index (χ1n) is 11.7. The van der Waals surface area contributed by atoms with Crippen LogP contribution in [0.4, 0.5) is 0 Å². The van der Waals surface area contributed by atoms with Crippen LogP contribution in [0.25, 0.3) is 0 Å². The highest BCUT2D eigenvalue weighted by Gasteiger charge is 2.22. The summed E-state index contributed by atoms with van der Waals surface area (Å²) in [5.74, 6) is 2.25. The molecule has 0 aliphatic rings. The maximum Gasteiger partial charge on any atom is 0.322 e. The van der Waals surface area contributed by atoms with Crippen molar-refractivity contribution in [1.29, 1.82) is 0 Å². The molecular formula is C20H50N4O4S4Si2. The van der Waals surface area contributed by atoms with Crippen molar-refractivity contribution in [2.45, 2.75) is 37.4 Å². The van der Waals surface area contributed by atoms with E-state index in [4.69, 9.17) is 17.7 Å². The van der Waals surface area contributed by atoms with Crippen molar-refractivity contribution in [2.75, 3.05) is 95.2 Å². The van der Waals surface area contributed by atoms with E-state index in [0.29, 0.717) is 0 Å². The van der Waals surface area contributed by atoms with E-state index < -0.39 is 18.6 Å². The molecule has 34 heavy (non-hydrogen) atoms. The van der Waals surface area contributed by atoms with Gasteiger partial charge in [-0.05, 0) is 101 Å². The van der Waals surface area contributed by atoms with Crippen LogP contribution in [0.3, 0.4) is 0 Å². The first-order valence-corrected chi connectivity index (χ1v) is 20.3. The van der Waals surface area contributed by atoms with Crippen LogP contribution in [0, 0.1) is 0 Å². The third-order valence-corrected chi connectivity index (χ3v) is 15.5. The molecule has 0 bridgehead atoms. The molecule has 0 spiro atoms. The number of hydrogen-bond acceptors (Lipinski definition) is 12. The minimum absolute atomic E-state index is 0.0912. The Morgan fingerprint density at radius 3 is 1.24 bits per heavy atom. The molecule has 0 N–H and O–H groups in total. The van der Waals surface area contributed by atoms with Crippen LogP contribution in [-0.4, -0.2) is 146 Å². The van der Waals surface area contributed by atoms with Crippen molar-refractivity contribution < 1.29 is 17.7 Å². The van der Waals surface area contributed by atoms with Crippen molar-refractivity contribution in [3.63, 3.8) is 0 Å². The largest absolute Gasteiger partial charge is 0.400 e. The van der Waals surface area contributed by atoms with Gasteiger partial charge >= 0.3 is 18.6 Å². The average Bonchev–Trinajstić information content (AvgIpc) is 2.76. The molecule has 0 aromatic carbocycles. The molecule has 0 fully saturated rings. The van der Waals surface area contributed by atoms with Crippen LogP contribution < -0.4 is 0 Å². The van der Waals surface area contributed by atoms with E-state index in [1.54, 1.807) is 14.2 Å². The topological polar surface area (TPSA) is 49.9 Å². The molecule has 0 rings (SSSR count). The molecular weight excluding hydrogens is 545 g/mol. The zero-order valence-corrected chi connectivity index (χ0v) is 28.6. The Balaban J connectivity index is 3.90. The Morgan fingerprint density at radius 2 is 0.971 bits per heavy atom. The minimum Gasteiger partial charge on any atom is -0.400 e. The zero-order valence-electron chi connectivity index (χ0n) is 23.0. The fourth-order valence-electron chi connectivity index (χ4n) is 2.84. The molecule has 0 heterocycles. The number of rotatable bonds is 23. The van der Waals surface area contributed by atoms with Gasteiger partial charge in [0.05, 0.1) is 0 Å². The van der Waals surface area contributed by atoms with Gasteiger partial charge in [-0.1, -0.05) is 21.6 Å². The van der Waals surface area contributed by atoms with E-state index in [1.165, 1.54) is 0 Å². The van der Waals surface area contributed by atoms with Gasteiger partial charge in [0.25, 0.3) is 0 Å². The first kappa shape index (κ1) is 35.5. The van der Waals surface area contributed by atoms with Gasteiger partial charge in [-0.25, -0.2) is 0 Å². The minimum atomic E-state index is -1.63. The Kier molecular flexibility index (Phi) is 23.5. The summed E-state index contributed by atoms with van der Waals surface area (Å²) < 4.78 is 23.9. The maximum atomic E-state index is 6.28. The monoisotopic (exact) mass is 594 g/mol. The number of nitrogens with zero attached hydrogens (tertiary/aromatic N) is 4. The predicted molar refractivity (Wildman–Crippen MR) is 161 cm³/mol. The molecule has 14 heteroatoms. The van der Waals surface area contributed by atoms with Gasteiger partial charge in [-0.3, -0.25) is 9.80 Å². The smallest absolute Gasteiger partial charge is 0.322 e. The van der Waals surface area contributed by atoms with Gasteiger partial charge in [0.15, 0.2) is 0 Å². The van der Waals surface area contributed by atoms with Crippen LogP contribution in [0.5, 0.6) is 0 Å². The Hall–Kier alpha value is 1.51. The SMILES string of the molecule is CO[SiH](CCCSSSSCCC[SiH](OC)OC(CN(C)C)N(C)C)OC(CN(C)C)N(C)C. The molecule has 0 amide bonds. The van der Waals surface area contributed by atoms with Crippen molar-refractivity contribution in [2.24, 2.45) is 0 Å². The lowest BCUT2D eigenvalue weighted by Crippen LogP contribution is -2.43. The number of hydrogen-bond donors (Lipinski definition) is 0. The van der Waals surface area contributed by atoms with Gasteiger partial charge in [0.1, 0.15) is 12.5 Å². The molecule has 0 aliphatic heterocycles. The van der Waals surface area contributed by atoms with Gasteiger partial charge in [0.2, 0.25) is 0 Å². The summed E-state index contributed by atoms with van der Waals surface area (Å²) in [7, 11) is 24.5. The van der Waals surface area contributed by atoms with E-state index in [9.17, 15) is 0 Å². The standard InChI is InChI=1S/C20H50N4O4S4Si2/c1-21(2)17-19(23(5)6)27-33(25-9)15-11-13-29-31-32-30-14-12-16-34(26-10)28-20(24(7)8)18-22(3)4/h19-20,33-34H,11-18H2,1-10H3. The zero-order chi connectivity index (χ0) is 25.9. The van der Waals surface area contributed by atoms with E-state index >= 15 is 0 Å². The van der Waals surface area contributed by atoms with Crippen LogP contribution in [0.1, 0.15) is 12.8 Å². The number of likely N-dealkylation sites (N-methyl/N-ethyl adjacent to an activating group) is 4. The Labute approximate surface area is 228 Å². The predicted octanol–water partition coefficient (Wildman–Crippen LogP) is 3.11. The molecule has 206 valence electrons. The molecule has 4 atom stereocenters. The lowest BCUT2D eigenvalue weighted by atomic mass is 10.5. The van der Waals surface area contributed by atoms with E-state index in [2.05, 4.69) is 76.0 Å². The second-order valence-electron chi connectivity index (χ2n) is 9.03. The van der Waals surface area contributed by atoms with Gasteiger partial charge in [0, 0.05) is 38.8 Å². The van der Waals surface area contributed by atoms with E-state index in [-0.39, 0.29) is 12.5 Å². The van der Waals surface area contributed by atoms with Gasteiger partial charge in [-0.15, -0.1) is 0 Å². The maximum absolute atomic E-state index is 6.28. The quantitative estimate of drug-likeness (QED) is 0.0756. The summed E-state index contributed by atoms with van der Waals surface area (Å²) in [4.78, 5) is 8.57.